The van der Waals surface area contributed by atoms with Gasteiger partial charge in [-0.05, 0) is 31.4 Å². The first-order valence-corrected chi connectivity index (χ1v) is 16.8. The van der Waals surface area contributed by atoms with Crippen LogP contribution >= 0.6 is 0 Å². The van der Waals surface area contributed by atoms with Gasteiger partial charge in [-0.25, -0.2) is 0 Å². The van der Waals surface area contributed by atoms with Crippen LogP contribution in [0.2, 0.25) is 0 Å². The Labute approximate surface area is 268 Å². The molecule has 1 aliphatic heterocycles. The van der Waals surface area contributed by atoms with E-state index in [9.17, 15) is 24.3 Å². The minimum absolute atomic E-state index is 0.0494. The molecule has 244 valence electrons. The summed E-state index contributed by atoms with van der Waals surface area (Å²) in [6, 6.07) is 12.7. The van der Waals surface area contributed by atoms with Gasteiger partial charge in [-0.1, -0.05) is 126 Å². The first-order valence-electron chi connectivity index (χ1n) is 16.8. The number of unbranched alkanes of at least 4 members (excludes halogenated alkanes) is 13. The Morgan fingerprint density at radius 3 is 2.11 bits per heavy atom. The lowest BCUT2D eigenvalue weighted by Gasteiger charge is -2.16. The van der Waals surface area contributed by atoms with Crippen molar-refractivity contribution >= 4 is 23.5 Å². The van der Waals surface area contributed by atoms with Crippen LogP contribution in [0.5, 0.6) is 11.5 Å². The van der Waals surface area contributed by atoms with Gasteiger partial charge in [0.2, 0.25) is 5.91 Å². The fourth-order valence-electron chi connectivity index (χ4n) is 5.50. The molecule has 0 radical (unpaired) electrons. The third-order valence-corrected chi connectivity index (χ3v) is 8.16. The zero-order chi connectivity index (χ0) is 32.3. The summed E-state index contributed by atoms with van der Waals surface area (Å²) in [5, 5.41) is 11.1. The highest BCUT2D eigenvalue weighted by Crippen LogP contribution is 2.26. The molecule has 45 heavy (non-hydrogen) atoms. The average molecular weight is 619 g/mol. The molecule has 1 unspecified atom stereocenters. The quantitative estimate of drug-likeness (QED) is 0.0602. The molecule has 8 heteroatoms. The van der Waals surface area contributed by atoms with Crippen molar-refractivity contribution in [2.24, 2.45) is 5.92 Å². The molecule has 1 saturated heterocycles. The summed E-state index contributed by atoms with van der Waals surface area (Å²) in [4.78, 5) is 50.1. The van der Waals surface area contributed by atoms with Gasteiger partial charge in [0.05, 0.1) is 11.5 Å². The maximum absolute atomic E-state index is 12.7. The molecule has 1 heterocycles. The van der Waals surface area contributed by atoms with Gasteiger partial charge in [0, 0.05) is 18.1 Å². The second-order valence-electron chi connectivity index (χ2n) is 11.9. The van der Waals surface area contributed by atoms with Crippen molar-refractivity contribution in [3.63, 3.8) is 0 Å². The largest absolute Gasteiger partial charge is 0.507 e. The summed E-state index contributed by atoms with van der Waals surface area (Å²) in [5.41, 5.74) is 2.87. The molecule has 2 N–H and O–H groups in total. The summed E-state index contributed by atoms with van der Waals surface area (Å²) in [6.07, 6.45) is 22.7. The minimum atomic E-state index is -0.681. The van der Waals surface area contributed by atoms with Gasteiger partial charge < -0.3 is 9.84 Å². The molecule has 2 aromatic carbocycles. The number of hydrogen-bond acceptors (Lipinski definition) is 6. The van der Waals surface area contributed by atoms with Crippen LogP contribution in [-0.2, 0) is 14.4 Å². The first-order chi connectivity index (χ1) is 21.9. The lowest BCUT2D eigenvalue weighted by molar-refractivity contribution is -0.149. The number of nitrogens with one attached hydrogen (secondary N) is 1. The predicted molar refractivity (Wildman–Crippen MR) is 176 cm³/mol. The maximum Gasteiger partial charge on any atom is 0.276 e. The molecule has 8 nitrogen and oxygen atoms in total. The Morgan fingerprint density at radius 2 is 1.49 bits per heavy atom. The highest BCUT2D eigenvalue weighted by Gasteiger charge is 2.39. The molecule has 3 amide bonds. The van der Waals surface area contributed by atoms with Crippen LogP contribution in [0, 0.1) is 5.92 Å². The Hall–Kier alpha value is -3.94. The zero-order valence-corrected chi connectivity index (χ0v) is 26.8. The van der Waals surface area contributed by atoms with E-state index >= 15 is 0 Å². The van der Waals surface area contributed by atoms with Crippen molar-refractivity contribution in [2.75, 3.05) is 6.61 Å². The number of amides is 3. The molecule has 2 aromatic rings. The fourth-order valence-corrected chi connectivity index (χ4v) is 5.50. The van der Waals surface area contributed by atoms with E-state index < -0.39 is 30.2 Å². The van der Waals surface area contributed by atoms with E-state index in [0.717, 1.165) is 17.9 Å². The van der Waals surface area contributed by atoms with Gasteiger partial charge >= 0.3 is 0 Å². The maximum atomic E-state index is 12.7. The summed E-state index contributed by atoms with van der Waals surface area (Å²) in [7, 11) is 0. The van der Waals surface area contributed by atoms with Crippen LogP contribution in [0.25, 0.3) is 0 Å². The highest BCUT2D eigenvalue weighted by atomic mass is 16.5. The van der Waals surface area contributed by atoms with E-state index in [4.69, 9.17) is 4.74 Å². The number of ketones is 1. The number of allylic oxidation sites excluding steroid dienone is 2. The smallest absolute Gasteiger partial charge is 0.276 e. The van der Waals surface area contributed by atoms with E-state index in [2.05, 4.69) is 18.4 Å². The van der Waals surface area contributed by atoms with Gasteiger partial charge in [-0.2, -0.15) is 5.01 Å². The van der Waals surface area contributed by atoms with Crippen LogP contribution in [-0.4, -0.2) is 40.2 Å². The normalized spacial score (nSPS) is 14.8. The zero-order valence-electron chi connectivity index (χ0n) is 26.8. The number of nitrogens with zero attached hydrogens (tertiary/aromatic N) is 1. The number of phenolic OH excluding ortho intramolecular Hbond substituents is 1. The van der Waals surface area contributed by atoms with E-state index in [0.29, 0.717) is 12.0 Å². The van der Waals surface area contributed by atoms with Crippen LogP contribution in [0.1, 0.15) is 126 Å². The number of carbonyl (C=O) groups excluding carboxylic acids is 4. The molecule has 0 aliphatic carbocycles. The minimum Gasteiger partial charge on any atom is -0.507 e. The van der Waals surface area contributed by atoms with Crippen LogP contribution < -0.4 is 10.2 Å². The highest BCUT2D eigenvalue weighted by molar-refractivity contribution is 6.10. The molecular weight excluding hydrogens is 568 g/mol. The third-order valence-electron chi connectivity index (χ3n) is 8.16. The molecular formula is C37H50N2O6. The van der Waals surface area contributed by atoms with E-state index in [1.807, 2.05) is 6.08 Å². The molecule has 0 aromatic heterocycles. The molecule has 1 fully saturated rings. The lowest BCUT2D eigenvalue weighted by atomic mass is 10.0. The summed E-state index contributed by atoms with van der Waals surface area (Å²) in [5.74, 6) is -2.51. The molecule has 0 bridgehead atoms. The van der Waals surface area contributed by atoms with Crippen molar-refractivity contribution in [2.45, 2.75) is 110 Å². The van der Waals surface area contributed by atoms with Gasteiger partial charge in [0.1, 0.15) is 11.5 Å². The third kappa shape index (κ3) is 12.5. The molecule has 1 aliphatic rings. The SMILES string of the molecule is CCCCCCCCCCCCCCCC=CCC1CC(=O)N(NC(=O)COc2ccc(C(=O)c3ccccc3)c(O)c2)C1=O. The number of phenols is 1. The van der Waals surface area contributed by atoms with Crippen LogP contribution in [0.3, 0.4) is 0 Å². The number of hydrazine groups is 1. The summed E-state index contributed by atoms with van der Waals surface area (Å²) in [6.45, 7) is 1.78. The van der Waals surface area contributed by atoms with Crippen molar-refractivity contribution in [1.82, 2.24) is 10.4 Å². The number of rotatable bonds is 22. The van der Waals surface area contributed by atoms with Gasteiger partial charge in [0.15, 0.2) is 12.4 Å². The Balaban J connectivity index is 1.27. The van der Waals surface area contributed by atoms with Crippen molar-refractivity contribution in [3.05, 3.63) is 71.8 Å². The number of benzene rings is 2. The molecule has 1 atom stereocenters. The van der Waals surface area contributed by atoms with E-state index in [-0.39, 0.29) is 29.3 Å². The van der Waals surface area contributed by atoms with E-state index in [1.54, 1.807) is 30.3 Å². The summed E-state index contributed by atoms with van der Waals surface area (Å²) < 4.78 is 5.42. The van der Waals surface area contributed by atoms with Gasteiger partial charge in [-0.15, -0.1) is 0 Å². The summed E-state index contributed by atoms with van der Waals surface area (Å²) >= 11 is 0. The molecule has 3 rings (SSSR count). The fraction of sp³-hybridized carbons (Fsp3) is 0.514. The van der Waals surface area contributed by atoms with Crippen molar-refractivity contribution < 1.29 is 29.0 Å². The number of hydrogen-bond donors (Lipinski definition) is 2. The Kier molecular flexibility index (Phi) is 15.9. The lowest BCUT2D eigenvalue weighted by Crippen LogP contribution is -2.47. The van der Waals surface area contributed by atoms with Crippen LogP contribution in [0.15, 0.2) is 60.7 Å². The Morgan fingerprint density at radius 1 is 0.867 bits per heavy atom. The van der Waals surface area contributed by atoms with Crippen molar-refractivity contribution in [3.8, 4) is 11.5 Å². The van der Waals surface area contributed by atoms with Crippen LogP contribution in [0.4, 0.5) is 0 Å². The topological polar surface area (TPSA) is 113 Å². The number of imide groups is 1. The van der Waals surface area contributed by atoms with Crippen molar-refractivity contribution in [1.29, 1.82) is 0 Å². The predicted octanol–water partition coefficient (Wildman–Crippen LogP) is 7.84. The van der Waals surface area contributed by atoms with Gasteiger partial charge in [-0.3, -0.25) is 24.6 Å². The standard InChI is InChI=1S/C37H50N2O6/c1-2-3-4-5-6-7-8-9-10-11-12-13-14-15-16-18-23-30-26-35(42)39(37(30)44)38-34(41)28-45-31-24-25-32(33(40)27-31)36(43)29-21-19-17-20-22-29/h16-22,24-25,27,30,40H,2-15,23,26,28H2,1H3,(H,38,41). The molecule has 0 spiro atoms. The number of ether oxygens (including phenoxy) is 1. The monoisotopic (exact) mass is 618 g/mol. The van der Waals surface area contributed by atoms with E-state index in [1.165, 1.54) is 95.2 Å². The molecule has 0 saturated carbocycles. The second-order valence-corrected chi connectivity index (χ2v) is 11.9. The second kappa shape index (κ2) is 20.2. The first kappa shape index (κ1) is 35.5. The number of aromatic hydroxyl groups is 1. The van der Waals surface area contributed by atoms with Gasteiger partial charge in [0.25, 0.3) is 11.8 Å². The Bertz CT molecular complexity index is 1260. The average Bonchev–Trinajstić information content (AvgIpc) is 3.31. The number of carbonyl (C=O) groups is 4.